The van der Waals surface area contributed by atoms with Crippen LogP contribution < -0.4 is 14.8 Å². The fraction of sp³-hybridized carbons (Fsp3) is 0.324. The SMILES string of the molecule is COc1cc(CCCO)ccc1-c1ccc(C(=O)NS(=O)(=O)c2ccc(N[C@H](CCCCN(C)C)CSc3ccccc3)c([N+](=O)[O-])c2)cc1. The third kappa shape index (κ3) is 11.0. The number of nitrogens with zero attached hydrogens (tertiary/aromatic N) is 2. The van der Waals surface area contributed by atoms with Gasteiger partial charge in [-0.05, 0) is 99.9 Å². The van der Waals surface area contributed by atoms with E-state index in [2.05, 4.69) is 10.2 Å². The number of nitro benzene ring substituents is 1. The third-order valence-electron chi connectivity index (χ3n) is 8.01. The van der Waals surface area contributed by atoms with Gasteiger partial charge in [0.15, 0.2) is 0 Å². The number of hydrogen-bond donors (Lipinski definition) is 3. The smallest absolute Gasteiger partial charge is 0.293 e. The van der Waals surface area contributed by atoms with Crippen LogP contribution in [0.15, 0.2) is 101 Å². The molecule has 0 heterocycles. The summed E-state index contributed by atoms with van der Waals surface area (Å²) in [6.45, 7) is 1.02. The minimum Gasteiger partial charge on any atom is -0.496 e. The largest absolute Gasteiger partial charge is 0.496 e. The van der Waals surface area contributed by atoms with Crippen molar-refractivity contribution in [2.75, 3.05) is 45.4 Å². The zero-order chi connectivity index (χ0) is 36.1. The molecule has 0 saturated heterocycles. The first-order valence-corrected chi connectivity index (χ1v) is 18.8. The molecule has 0 aliphatic rings. The van der Waals surface area contributed by atoms with Gasteiger partial charge in [0.25, 0.3) is 21.6 Å². The molecule has 0 aliphatic carbocycles. The Bertz CT molecular complexity index is 1840. The summed E-state index contributed by atoms with van der Waals surface area (Å²) >= 11 is 1.64. The van der Waals surface area contributed by atoms with Crippen molar-refractivity contribution in [1.82, 2.24) is 9.62 Å². The van der Waals surface area contributed by atoms with Crippen molar-refractivity contribution in [1.29, 1.82) is 0 Å². The predicted molar refractivity (Wildman–Crippen MR) is 199 cm³/mol. The van der Waals surface area contributed by atoms with Crippen molar-refractivity contribution in [3.05, 3.63) is 112 Å². The average Bonchev–Trinajstić information content (AvgIpc) is 3.11. The van der Waals surface area contributed by atoms with E-state index in [1.807, 2.05) is 67.3 Å². The molecule has 0 saturated carbocycles. The summed E-state index contributed by atoms with van der Waals surface area (Å²) in [6, 6.07) is 25.5. The first-order valence-electron chi connectivity index (χ1n) is 16.3. The Hall–Kier alpha value is -4.43. The van der Waals surface area contributed by atoms with Gasteiger partial charge in [0.1, 0.15) is 11.4 Å². The highest BCUT2D eigenvalue weighted by Gasteiger charge is 2.25. The van der Waals surface area contributed by atoms with E-state index in [-0.39, 0.29) is 23.9 Å². The van der Waals surface area contributed by atoms with Crippen LogP contribution in [0.4, 0.5) is 11.4 Å². The molecule has 3 N–H and O–H groups in total. The quantitative estimate of drug-likeness (QED) is 0.0417. The van der Waals surface area contributed by atoms with Crippen molar-refractivity contribution < 1.29 is 28.0 Å². The van der Waals surface area contributed by atoms with Crippen LogP contribution in [0.2, 0.25) is 0 Å². The molecule has 0 radical (unpaired) electrons. The molecule has 11 nitrogen and oxygen atoms in total. The molecule has 0 unspecified atom stereocenters. The second kappa shape index (κ2) is 18.5. The zero-order valence-corrected chi connectivity index (χ0v) is 30.1. The monoisotopic (exact) mass is 720 g/mol. The van der Waals surface area contributed by atoms with Crippen LogP contribution in [-0.4, -0.2) is 75.4 Å². The number of rotatable bonds is 19. The first-order chi connectivity index (χ1) is 24.0. The van der Waals surface area contributed by atoms with Crippen LogP contribution >= 0.6 is 11.8 Å². The van der Waals surface area contributed by atoms with Gasteiger partial charge in [-0.2, -0.15) is 0 Å². The topological polar surface area (TPSA) is 151 Å². The van der Waals surface area contributed by atoms with Crippen LogP contribution in [-0.2, 0) is 16.4 Å². The third-order valence-corrected chi connectivity index (χ3v) is 10.5. The molecule has 1 atom stereocenters. The van der Waals surface area contributed by atoms with E-state index >= 15 is 0 Å². The van der Waals surface area contributed by atoms with Gasteiger partial charge in [-0.3, -0.25) is 14.9 Å². The highest BCUT2D eigenvalue weighted by Crippen LogP contribution is 2.33. The fourth-order valence-corrected chi connectivity index (χ4v) is 7.34. The summed E-state index contributed by atoms with van der Waals surface area (Å²) < 4.78 is 34.2. The normalized spacial score (nSPS) is 12.0. The Morgan fingerprint density at radius 1 is 0.980 bits per heavy atom. The van der Waals surface area contributed by atoms with Crippen molar-refractivity contribution >= 4 is 39.1 Å². The molecular weight excluding hydrogens is 677 g/mol. The van der Waals surface area contributed by atoms with Gasteiger partial charge < -0.3 is 20.1 Å². The Balaban J connectivity index is 1.48. The number of amides is 1. The highest BCUT2D eigenvalue weighted by atomic mass is 32.2. The molecule has 4 aromatic carbocycles. The van der Waals surface area contributed by atoms with Gasteiger partial charge in [-0.1, -0.05) is 48.9 Å². The Labute approximate surface area is 298 Å². The van der Waals surface area contributed by atoms with Crippen LogP contribution in [0.3, 0.4) is 0 Å². The zero-order valence-electron chi connectivity index (χ0n) is 28.5. The molecule has 13 heteroatoms. The number of nitrogens with one attached hydrogen (secondary N) is 2. The van der Waals surface area contributed by atoms with Crippen molar-refractivity contribution in [3.63, 3.8) is 0 Å². The summed E-state index contributed by atoms with van der Waals surface area (Å²) in [6.07, 6.45) is 3.98. The van der Waals surface area contributed by atoms with Gasteiger partial charge >= 0.3 is 0 Å². The number of unbranched alkanes of at least 4 members (excludes halogenated alkanes) is 1. The van der Waals surface area contributed by atoms with E-state index in [0.29, 0.717) is 24.3 Å². The molecule has 266 valence electrons. The lowest BCUT2D eigenvalue weighted by Crippen LogP contribution is -2.30. The molecule has 0 spiro atoms. The number of aryl methyl sites for hydroxylation is 1. The van der Waals surface area contributed by atoms with Gasteiger partial charge in [0.2, 0.25) is 0 Å². The lowest BCUT2D eigenvalue weighted by molar-refractivity contribution is -0.384. The molecule has 0 fully saturated rings. The molecule has 0 aromatic heterocycles. The van der Waals surface area contributed by atoms with Crippen LogP contribution in [0.5, 0.6) is 5.75 Å². The molecule has 0 aliphatic heterocycles. The van der Waals surface area contributed by atoms with Crippen molar-refractivity contribution in [2.24, 2.45) is 0 Å². The molecule has 4 aromatic rings. The van der Waals surface area contributed by atoms with Crippen molar-refractivity contribution in [2.45, 2.75) is 47.9 Å². The van der Waals surface area contributed by atoms with Gasteiger partial charge in [0.05, 0.1) is 16.9 Å². The number of anilines is 1. The maximum Gasteiger partial charge on any atom is 0.293 e. The number of thioether (sulfide) groups is 1. The van der Waals surface area contributed by atoms with Crippen LogP contribution in [0.25, 0.3) is 11.1 Å². The minimum atomic E-state index is -4.44. The fourth-order valence-electron chi connectivity index (χ4n) is 5.35. The number of hydrogen-bond acceptors (Lipinski definition) is 10. The van der Waals surface area contributed by atoms with Crippen molar-refractivity contribution in [3.8, 4) is 16.9 Å². The molecule has 4 rings (SSSR count). The number of sulfonamides is 1. The van der Waals surface area contributed by atoms with Gasteiger partial charge in [-0.25, -0.2) is 13.1 Å². The lowest BCUT2D eigenvalue weighted by atomic mass is 9.99. The number of carbonyl (C=O) groups is 1. The van der Waals surface area contributed by atoms with E-state index in [1.54, 1.807) is 31.0 Å². The summed E-state index contributed by atoms with van der Waals surface area (Å²) in [5.41, 5.74) is 2.46. The number of benzene rings is 4. The van der Waals surface area contributed by atoms with E-state index in [1.165, 1.54) is 24.3 Å². The average molecular weight is 721 g/mol. The number of carbonyl (C=O) groups excluding carboxylic acids is 1. The van der Waals surface area contributed by atoms with E-state index in [9.17, 15) is 23.3 Å². The summed E-state index contributed by atoms with van der Waals surface area (Å²) in [7, 11) is 1.14. The number of methoxy groups -OCH3 is 1. The van der Waals surface area contributed by atoms with Crippen LogP contribution in [0.1, 0.15) is 41.6 Å². The highest BCUT2D eigenvalue weighted by molar-refractivity contribution is 7.99. The Kier molecular flexibility index (Phi) is 14.2. The van der Waals surface area contributed by atoms with Gasteiger partial charge in [0, 0.05) is 40.5 Å². The molecule has 1 amide bonds. The van der Waals surface area contributed by atoms with Crippen LogP contribution in [0, 0.1) is 10.1 Å². The number of aliphatic hydroxyl groups is 1. The summed E-state index contributed by atoms with van der Waals surface area (Å²) in [5, 5.41) is 24.6. The second-order valence-corrected chi connectivity index (χ2v) is 14.9. The summed E-state index contributed by atoms with van der Waals surface area (Å²) in [4.78, 5) is 27.4. The Morgan fingerprint density at radius 2 is 1.72 bits per heavy atom. The van der Waals surface area contributed by atoms with E-state index in [4.69, 9.17) is 9.84 Å². The second-order valence-electron chi connectivity index (χ2n) is 12.1. The number of aliphatic hydroxyl groups excluding tert-OH is 1. The first kappa shape index (κ1) is 38.4. The minimum absolute atomic E-state index is 0.0930. The molecular formula is C37H44N4O7S2. The number of nitro groups is 1. The number of ether oxygens (including phenoxy) is 1. The molecule has 50 heavy (non-hydrogen) atoms. The predicted octanol–water partition coefficient (Wildman–Crippen LogP) is 6.62. The summed E-state index contributed by atoms with van der Waals surface area (Å²) in [5.74, 6) is 0.412. The van der Waals surface area contributed by atoms with E-state index in [0.717, 1.165) is 53.5 Å². The standard InChI is InChI=1S/C37H44N4O7S2/c1-40(2)22-8-7-11-30(26-49-31-12-5-4-6-13-31)38-34-21-19-32(25-35(34)41(44)45)50(46,47)39-37(43)29-17-15-28(16-18-29)33-20-14-27(10-9-23-42)24-36(33)48-3/h4-6,12-21,24-25,30,38,42H,7-11,22-23,26H2,1-3H3,(H,39,43)/t30-/m1/s1. The lowest BCUT2D eigenvalue weighted by Gasteiger charge is -2.20. The Morgan fingerprint density at radius 3 is 2.38 bits per heavy atom. The van der Waals surface area contributed by atoms with E-state index < -0.39 is 31.4 Å². The molecule has 0 bridgehead atoms. The maximum atomic E-state index is 13.3. The van der Waals surface area contributed by atoms with Gasteiger partial charge in [-0.15, -0.1) is 11.8 Å². The maximum absolute atomic E-state index is 13.3.